The van der Waals surface area contributed by atoms with Crippen molar-refractivity contribution in [2.45, 2.75) is 26.7 Å². The normalized spacial score (nSPS) is 10.3. The summed E-state index contributed by atoms with van der Waals surface area (Å²) in [6, 6.07) is 2.07. The van der Waals surface area contributed by atoms with Crippen LogP contribution in [0.25, 0.3) is 0 Å². The lowest BCUT2D eigenvalue weighted by Gasteiger charge is -2.05. The monoisotopic (exact) mass is 208 g/mol. The molecular weight excluding hydrogens is 188 g/mol. The molecule has 0 aliphatic heterocycles. The Bertz CT molecular complexity index is 276. The average molecular weight is 208 g/mol. The van der Waals surface area contributed by atoms with Gasteiger partial charge in [0, 0.05) is 6.20 Å². The molecule has 1 heterocycles. The van der Waals surface area contributed by atoms with Crippen LogP contribution in [0.15, 0.2) is 18.5 Å². The summed E-state index contributed by atoms with van der Waals surface area (Å²) in [6.07, 6.45) is 5.87. The summed E-state index contributed by atoms with van der Waals surface area (Å²) in [5, 5.41) is 3.31. The van der Waals surface area contributed by atoms with Crippen LogP contribution in [0, 0.1) is 0 Å². The summed E-state index contributed by atoms with van der Waals surface area (Å²) in [4.78, 5) is 4.16. The molecule has 0 amide bonds. The molecule has 84 valence electrons. The molecule has 0 fully saturated rings. The van der Waals surface area contributed by atoms with Crippen molar-refractivity contribution >= 4 is 0 Å². The third-order valence-electron chi connectivity index (χ3n) is 2.15. The highest BCUT2D eigenvalue weighted by Gasteiger charge is 1.97. The Labute approximate surface area is 91.9 Å². The average Bonchev–Trinajstić information content (AvgIpc) is 2.26. The van der Waals surface area contributed by atoms with Gasteiger partial charge in [-0.2, -0.15) is 0 Å². The molecule has 1 rings (SSSR count). The largest absolute Gasteiger partial charge is 0.492 e. The van der Waals surface area contributed by atoms with Crippen molar-refractivity contribution in [2.75, 3.05) is 19.7 Å². The molecular formula is C12H20N2O. The highest BCUT2D eigenvalue weighted by molar-refractivity contribution is 5.23. The maximum Gasteiger partial charge on any atom is 0.137 e. The van der Waals surface area contributed by atoms with Gasteiger partial charge in [-0.25, -0.2) is 0 Å². The van der Waals surface area contributed by atoms with E-state index in [1.54, 1.807) is 6.20 Å². The Kier molecular flexibility index (Phi) is 5.78. The van der Waals surface area contributed by atoms with Gasteiger partial charge in [-0.1, -0.05) is 6.92 Å². The first-order chi connectivity index (χ1) is 7.36. The molecule has 1 aromatic rings. The van der Waals surface area contributed by atoms with Crippen molar-refractivity contribution in [3.8, 4) is 5.75 Å². The SMILES string of the molecule is CCNCCCc1cncc(OCC)c1. The van der Waals surface area contributed by atoms with Gasteiger partial charge in [0.2, 0.25) is 0 Å². The Hall–Kier alpha value is -1.09. The molecule has 0 aliphatic rings. The van der Waals surface area contributed by atoms with E-state index in [4.69, 9.17) is 4.74 Å². The zero-order valence-electron chi connectivity index (χ0n) is 9.62. The van der Waals surface area contributed by atoms with Gasteiger partial charge in [-0.3, -0.25) is 4.98 Å². The minimum atomic E-state index is 0.697. The summed E-state index contributed by atoms with van der Waals surface area (Å²) in [5.41, 5.74) is 1.25. The summed E-state index contributed by atoms with van der Waals surface area (Å²) in [7, 11) is 0. The van der Waals surface area contributed by atoms with Crippen LogP contribution in [0.5, 0.6) is 5.75 Å². The van der Waals surface area contributed by atoms with Gasteiger partial charge in [0.05, 0.1) is 12.8 Å². The molecule has 0 unspecified atom stereocenters. The molecule has 3 nitrogen and oxygen atoms in total. The van der Waals surface area contributed by atoms with E-state index in [1.807, 2.05) is 13.1 Å². The fourth-order valence-corrected chi connectivity index (χ4v) is 1.44. The smallest absolute Gasteiger partial charge is 0.137 e. The van der Waals surface area contributed by atoms with Crippen LogP contribution in [0.2, 0.25) is 0 Å². The van der Waals surface area contributed by atoms with Crippen LogP contribution < -0.4 is 10.1 Å². The van der Waals surface area contributed by atoms with E-state index in [2.05, 4.69) is 23.3 Å². The zero-order valence-corrected chi connectivity index (χ0v) is 9.62. The van der Waals surface area contributed by atoms with Crippen molar-refractivity contribution in [2.24, 2.45) is 0 Å². The second-order valence-electron chi connectivity index (χ2n) is 3.42. The maximum atomic E-state index is 5.40. The first kappa shape index (κ1) is 12.0. The van der Waals surface area contributed by atoms with Gasteiger partial charge in [0.15, 0.2) is 0 Å². The Balaban J connectivity index is 2.36. The van der Waals surface area contributed by atoms with Crippen molar-refractivity contribution in [3.05, 3.63) is 24.0 Å². The van der Waals surface area contributed by atoms with E-state index in [1.165, 1.54) is 5.56 Å². The minimum absolute atomic E-state index is 0.697. The maximum absolute atomic E-state index is 5.40. The van der Waals surface area contributed by atoms with Crippen LogP contribution in [0.1, 0.15) is 25.8 Å². The highest BCUT2D eigenvalue weighted by atomic mass is 16.5. The predicted octanol–water partition coefficient (Wildman–Crippen LogP) is 2.02. The lowest BCUT2D eigenvalue weighted by atomic mass is 10.1. The van der Waals surface area contributed by atoms with Crippen LogP contribution in [-0.4, -0.2) is 24.7 Å². The van der Waals surface area contributed by atoms with Crippen LogP contribution >= 0.6 is 0 Å². The topological polar surface area (TPSA) is 34.2 Å². The third kappa shape index (κ3) is 4.79. The summed E-state index contributed by atoms with van der Waals surface area (Å²) in [5.74, 6) is 0.874. The van der Waals surface area contributed by atoms with Crippen molar-refractivity contribution in [1.29, 1.82) is 0 Å². The lowest BCUT2D eigenvalue weighted by molar-refractivity contribution is 0.338. The van der Waals surface area contributed by atoms with Gasteiger partial charge >= 0.3 is 0 Å². The highest BCUT2D eigenvalue weighted by Crippen LogP contribution is 2.12. The first-order valence-corrected chi connectivity index (χ1v) is 5.64. The van der Waals surface area contributed by atoms with E-state index >= 15 is 0 Å². The molecule has 0 saturated heterocycles. The number of nitrogens with one attached hydrogen (secondary N) is 1. The summed E-state index contributed by atoms with van der Waals surface area (Å²) in [6.45, 7) is 6.91. The second-order valence-corrected chi connectivity index (χ2v) is 3.42. The standard InChI is InChI=1S/C12H20N2O/c1-3-13-7-5-6-11-8-12(15-4-2)10-14-9-11/h8-10,13H,3-7H2,1-2H3. The van der Waals surface area contributed by atoms with Gasteiger partial charge < -0.3 is 10.1 Å². The van der Waals surface area contributed by atoms with E-state index in [0.717, 1.165) is 31.7 Å². The first-order valence-electron chi connectivity index (χ1n) is 5.64. The molecule has 15 heavy (non-hydrogen) atoms. The number of pyridine rings is 1. The molecule has 0 saturated carbocycles. The van der Waals surface area contributed by atoms with E-state index in [-0.39, 0.29) is 0 Å². The quantitative estimate of drug-likeness (QED) is 0.696. The molecule has 0 radical (unpaired) electrons. The molecule has 0 aliphatic carbocycles. The molecule has 0 bridgehead atoms. The molecule has 0 spiro atoms. The van der Waals surface area contributed by atoms with Gasteiger partial charge in [0.1, 0.15) is 5.75 Å². The molecule has 0 atom stereocenters. The van der Waals surface area contributed by atoms with E-state index < -0.39 is 0 Å². The third-order valence-corrected chi connectivity index (χ3v) is 2.15. The van der Waals surface area contributed by atoms with Crippen LogP contribution in [0.4, 0.5) is 0 Å². The van der Waals surface area contributed by atoms with Crippen molar-refractivity contribution < 1.29 is 4.74 Å². The summed E-state index contributed by atoms with van der Waals surface area (Å²) < 4.78 is 5.40. The van der Waals surface area contributed by atoms with Gasteiger partial charge in [-0.05, 0) is 44.5 Å². The number of aryl methyl sites for hydroxylation is 1. The van der Waals surface area contributed by atoms with Crippen molar-refractivity contribution in [3.63, 3.8) is 0 Å². The number of hydrogen-bond acceptors (Lipinski definition) is 3. The van der Waals surface area contributed by atoms with Gasteiger partial charge in [0.25, 0.3) is 0 Å². The minimum Gasteiger partial charge on any atom is -0.492 e. The van der Waals surface area contributed by atoms with Crippen molar-refractivity contribution in [1.82, 2.24) is 10.3 Å². The number of nitrogens with zero attached hydrogens (tertiary/aromatic N) is 1. The second kappa shape index (κ2) is 7.23. The van der Waals surface area contributed by atoms with E-state index in [0.29, 0.717) is 6.61 Å². The van der Waals surface area contributed by atoms with Crippen LogP contribution in [0.3, 0.4) is 0 Å². The fraction of sp³-hybridized carbons (Fsp3) is 0.583. The Morgan fingerprint density at radius 1 is 1.33 bits per heavy atom. The summed E-state index contributed by atoms with van der Waals surface area (Å²) >= 11 is 0. The number of ether oxygens (including phenoxy) is 1. The predicted molar refractivity (Wildman–Crippen MR) is 62.3 cm³/mol. The molecule has 3 heteroatoms. The Morgan fingerprint density at radius 3 is 2.93 bits per heavy atom. The lowest BCUT2D eigenvalue weighted by Crippen LogP contribution is -2.14. The number of aromatic nitrogens is 1. The number of hydrogen-bond donors (Lipinski definition) is 1. The zero-order chi connectivity index (χ0) is 10.9. The fourth-order valence-electron chi connectivity index (χ4n) is 1.44. The van der Waals surface area contributed by atoms with E-state index in [9.17, 15) is 0 Å². The van der Waals surface area contributed by atoms with Crippen LogP contribution in [-0.2, 0) is 6.42 Å². The van der Waals surface area contributed by atoms with Gasteiger partial charge in [-0.15, -0.1) is 0 Å². The molecule has 1 N–H and O–H groups in total. The Morgan fingerprint density at radius 2 is 2.20 bits per heavy atom. The number of rotatable bonds is 7. The molecule has 0 aromatic carbocycles. The molecule has 1 aromatic heterocycles.